The van der Waals surface area contributed by atoms with Gasteiger partial charge in [0.05, 0.1) is 11.0 Å². The molecule has 0 bridgehead atoms. The lowest BCUT2D eigenvalue weighted by Gasteiger charge is -2.26. The first-order chi connectivity index (χ1) is 12.7. The number of fused-ring (bicyclic) bond motifs is 1. The SMILES string of the molecule is NC=C(C=NCCC(=O)N1CCCCC1)c1cnc2ccc(Cl)nc2c1. The number of carbonyl (C=O) groups is 1. The molecule has 1 saturated heterocycles. The molecule has 3 heterocycles. The fourth-order valence-electron chi connectivity index (χ4n) is 2.98. The molecule has 7 heteroatoms. The monoisotopic (exact) mass is 371 g/mol. The number of carbonyl (C=O) groups excluding carboxylic acids is 1. The Bertz CT molecular complexity index is 843. The van der Waals surface area contributed by atoms with Crippen LogP contribution >= 0.6 is 11.6 Å². The maximum absolute atomic E-state index is 12.1. The summed E-state index contributed by atoms with van der Waals surface area (Å²) in [5, 5.41) is 0.416. The lowest BCUT2D eigenvalue weighted by Crippen LogP contribution is -2.35. The van der Waals surface area contributed by atoms with Crippen molar-refractivity contribution in [2.24, 2.45) is 10.7 Å². The minimum atomic E-state index is 0.173. The summed E-state index contributed by atoms with van der Waals surface area (Å²) in [6.45, 7) is 2.18. The number of allylic oxidation sites excluding steroid dienone is 1. The van der Waals surface area contributed by atoms with Crippen LogP contribution in [-0.4, -0.2) is 46.6 Å². The number of nitrogens with two attached hydrogens (primary N) is 1. The van der Waals surface area contributed by atoms with Crippen molar-refractivity contribution in [3.05, 3.63) is 41.3 Å². The number of aliphatic imine (C=N–C) groups is 1. The van der Waals surface area contributed by atoms with Gasteiger partial charge in [-0.1, -0.05) is 11.6 Å². The zero-order valence-corrected chi connectivity index (χ0v) is 15.3. The van der Waals surface area contributed by atoms with Crippen molar-refractivity contribution in [2.75, 3.05) is 19.6 Å². The molecular weight excluding hydrogens is 350 g/mol. The first-order valence-corrected chi connectivity index (χ1v) is 9.17. The third-order valence-electron chi connectivity index (χ3n) is 4.41. The van der Waals surface area contributed by atoms with E-state index in [1.54, 1.807) is 18.5 Å². The fourth-order valence-corrected chi connectivity index (χ4v) is 3.13. The second-order valence-corrected chi connectivity index (χ2v) is 6.63. The molecule has 0 aliphatic carbocycles. The van der Waals surface area contributed by atoms with E-state index < -0.39 is 0 Å². The third kappa shape index (κ3) is 4.58. The van der Waals surface area contributed by atoms with Crippen molar-refractivity contribution >= 4 is 40.3 Å². The molecule has 2 N–H and O–H groups in total. The van der Waals surface area contributed by atoms with Crippen LogP contribution in [0.1, 0.15) is 31.2 Å². The molecule has 2 aromatic rings. The van der Waals surface area contributed by atoms with E-state index in [0.29, 0.717) is 23.6 Å². The Morgan fingerprint density at radius 1 is 1.27 bits per heavy atom. The summed E-state index contributed by atoms with van der Waals surface area (Å²) >= 11 is 5.94. The van der Waals surface area contributed by atoms with Gasteiger partial charge in [-0.3, -0.25) is 14.8 Å². The molecule has 0 radical (unpaired) electrons. The van der Waals surface area contributed by atoms with Gasteiger partial charge in [0.1, 0.15) is 5.15 Å². The van der Waals surface area contributed by atoms with Gasteiger partial charge in [0, 0.05) is 55.8 Å². The Kier molecular flexibility index (Phi) is 6.17. The van der Waals surface area contributed by atoms with Crippen LogP contribution in [0.4, 0.5) is 0 Å². The summed E-state index contributed by atoms with van der Waals surface area (Å²) in [4.78, 5) is 27.1. The molecule has 2 aromatic heterocycles. The first-order valence-electron chi connectivity index (χ1n) is 8.79. The van der Waals surface area contributed by atoms with Gasteiger partial charge in [-0.2, -0.15) is 0 Å². The predicted molar refractivity (Wildman–Crippen MR) is 105 cm³/mol. The summed E-state index contributed by atoms with van der Waals surface area (Å²) in [6.07, 6.45) is 8.71. The molecule has 0 aromatic carbocycles. The van der Waals surface area contributed by atoms with Crippen molar-refractivity contribution in [1.29, 1.82) is 0 Å². The molecule has 1 aliphatic rings. The average Bonchev–Trinajstić information content (AvgIpc) is 2.68. The molecule has 136 valence electrons. The van der Waals surface area contributed by atoms with Crippen molar-refractivity contribution in [1.82, 2.24) is 14.9 Å². The second-order valence-electron chi connectivity index (χ2n) is 6.24. The molecule has 1 aliphatic heterocycles. The fraction of sp³-hybridized carbons (Fsp3) is 0.368. The maximum Gasteiger partial charge on any atom is 0.224 e. The van der Waals surface area contributed by atoms with Gasteiger partial charge in [0.2, 0.25) is 5.91 Å². The highest BCUT2D eigenvalue weighted by Gasteiger charge is 2.15. The van der Waals surface area contributed by atoms with Gasteiger partial charge in [0.25, 0.3) is 0 Å². The van der Waals surface area contributed by atoms with Crippen molar-refractivity contribution in [3.63, 3.8) is 0 Å². The van der Waals surface area contributed by atoms with E-state index in [9.17, 15) is 4.79 Å². The minimum absolute atomic E-state index is 0.173. The number of hydrogen-bond acceptors (Lipinski definition) is 5. The highest BCUT2D eigenvalue weighted by molar-refractivity contribution is 6.29. The molecule has 0 atom stereocenters. The third-order valence-corrected chi connectivity index (χ3v) is 4.62. The number of rotatable bonds is 5. The molecular formula is C19H22ClN5O. The Morgan fingerprint density at radius 2 is 2.08 bits per heavy atom. The molecule has 0 unspecified atom stereocenters. The highest BCUT2D eigenvalue weighted by atomic mass is 35.5. The van der Waals surface area contributed by atoms with Crippen LogP contribution in [0.15, 0.2) is 35.6 Å². The molecule has 0 spiro atoms. The van der Waals surface area contributed by atoms with Gasteiger partial charge >= 0.3 is 0 Å². The van der Waals surface area contributed by atoms with Gasteiger partial charge < -0.3 is 10.6 Å². The van der Waals surface area contributed by atoms with Crippen LogP contribution in [0.2, 0.25) is 5.15 Å². The van der Waals surface area contributed by atoms with E-state index in [4.69, 9.17) is 17.3 Å². The Morgan fingerprint density at radius 3 is 2.85 bits per heavy atom. The summed E-state index contributed by atoms with van der Waals surface area (Å²) in [6, 6.07) is 5.40. The molecule has 6 nitrogen and oxygen atoms in total. The standard InChI is InChI=1S/C19H22ClN5O/c20-18-5-4-16-17(24-18)10-14(13-23-16)15(11-21)12-22-7-6-19(26)25-8-2-1-3-9-25/h4-5,10-13H,1-3,6-9,21H2. The number of amides is 1. The van der Waals surface area contributed by atoms with Crippen LogP contribution in [-0.2, 0) is 4.79 Å². The van der Waals surface area contributed by atoms with E-state index in [1.807, 2.05) is 17.0 Å². The molecule has 0 saturated carbocycles. The van der Waals surface area contributed by atoms with Gasteiger partial charge in [-0.05, 0) is 37.5 Å². The first kappa shape index (κ1) is 18.3. The van der Waals surface area contributed by atoms with Crippen LogP contribution < -0.4 is 5.73 Å². The predicted octanol–water partition coefficient (Wildman–Crippen LogP) is 3.06. The summed E-state index contributed by atoms with van der Waals surface area (Å²) < 4.78 is 0. The Labute approximate surface area is 157 Å². The quantitative estimate of drug-likeness (QED) is 0.646. The Balaban J connectivity index is 1.62. The molecule has 3 rings (SSSR count). The van der Waals surface area contributed by atoms with Crippen molar-refractivity contribution in [3.8, 4) is 0 Å². The number of nitrogens with zero attached hydrogens (tertiary/aromatic N) is 4. The average molecular weight is 372 g/mol. The van der Waals surface area contributed by atoms with Gasteiger partial charge in [-0.25, -0.2) is 4.98 Å². The zero-order valence-electron chi connectivity index (χ0n) is 14.6. The minimum Gasteiger partial charge on any atom is -0.404 e. The molecule has 1 amide bonds. The van der Waals surface area contributed by atoms with E-state index in [-0.39, 0.29) is 5.91 Å². The van der Waals surface area contributed by atoms with Crippen molar-refractivity contribution in [2.45, 2.75) is 25.7 Å². The number of hydrogen-bond donors (Lipinski definition) is 1. The Hall–Kier alpha value is -2.47. The topological polar surface area (TPSA) is 84.5 Å². The van der Waals surface area contributed by atoms with Gasteiger partial charge in [-0.15, -0.1) is 0 Å². The van der Waals surface area contributed by atoms with Crippen LogP contribution in [0, 0.1) is 0 Å². The largest absolute Gasteiger partial charge is 0.404 e. The van der Waals surface area contributed by atoms with Crippen LogP contribution in [0.25, 0.3) is 16.6 Å². The van der Waals surface area contributed by atoms with Gasteiger partial charge in [0.15, 0.2) is 0 Å². The van der Waals surface area contributed by atoms with E-state index >= 15 is 0 Å². The lowest BCUT2D eigenvalue weighted by molar-refractivity contribution is -0.131. The summed E-state index contributed by atoms with van der Waals surface area (Å²) in [5.41, 5.74) is 8.73. The van der Waals surface area contributed by atoms with E-state index in [0.717, 1.165) is 42.6 Å². The molecule has 1 fully saturated rings. The second kappa shape index (κ2) is 8.76. The summed E-state index contributed by atoms with van der Waals surface area (Å²) in [5.74, 6) is 0.173. The number of halogens is 1. The number of likely N-dealkylation sites (tertiary alicyclic amines) is 1. The maximum atomic E-state index is 12.1. The number of piperidine rings is 1. The smallest absolute Gasteiger partial charge is 0.224 e. The lowest BCUT2D eigenvalue weighted by atomic mass is 10.1. The number of aromatic nitrogens is 2. The van der Waals surface area contributed by atoms with E-state index in [2.05, 4.69) is 15.0 Å². The van der Waals surface area contributed by atoms with E-state index in [1.165, 1.54) is 12.6 Å². The highest BCUT2D eigenvalue weighted by Crippen LogP contribution is 2.18. The summed E-state index contributed by atoms with van der Waals surface area (Å²) in [7, 11) is 0. The zero-order chi connectivity index (χ0) is 18.4. The van der Waals surface area contributed by atoms with Crippen molar-refractivity contribution < 1.29 is 4.79 Å². The number of pyridine rings is 2. The van der Waals surface area contributed by atoms with Crippen LogP contribution in [0.3, 0.4) is 0 Å². The van der Waals surface area contributed by atoms with Crippen LogP contribution in [0.5, 0.6) is 0 Å². The molecule has 26 heavy (non-hydrogen) atoms. The normalized spacial score (nSPS) is 15.7.